The third-order valence-electron chi connectivity index (χ3n) is 3.29. The normalized spacial score (nSPS) is 14.9. The van der Waals surface area contributed by atoms with Gasteiger partial charge in [-0.3, -0.25) is 9.80 Å². The van der Waals surface area contributed by atoms with Crippen LogP contribution in [0.4, 0.5) is 8.78 Å². The number of hydrazone groups is 1. The van der Waals surface area contributed by atoms with E-state index in [1.165, 1.54) is 39.6 Å². The summed E-state index contributed by atoms with van der Waals surface area (Å²) >= 11 is 1.34. The Hall–Kier alpha value is -0.870. The molecule has 0 spiro atoms. The number of thiophene rings is 1. The van der Waals surface area contributed by atoms with Crippen LogP contribution in [-0.2, 0) is 0 Å². The Morgan fingerprint density at radius 3 is 2.27 bits per heavy atom. The highest BCUT2D eigenvalue weighted by molar-refractivity contribution is 7.18. The van der Waals surface area contributed by atoms with Gasteiger partial charge in [0.25, 0.3) is 5.66 Å². The monoisotopic (exact) mass is 348 g/mol. The highest BCUT2D eigenvalue weighted by atomic mass is 32.1. The Kier molecular flexibility index (Phi) is 5.85. The van der Waals surface area contributed by atoms with Gasteiger partial charge in [0, 0.05) is 12.5 Å². The van der Waals surface area contributed by atoms with Gasteiger partial charge in [-0.2, -0.15) is 5.10 Å². The van der Waals surface area contributed by atoms with Crippen molar-refractivity contribution < 1.29 is 13.6 Å². The lowest BCUT2D eigenvalue weighted by atomic mass is 9.90. The number of Topliss-reactive ketones (excluding diaryl/α,β-unsaturated/α-hetero) is 1. The van der Waals surface area contributed by atoms with Gasteiger partial charge in [0.1, 0.15) is 6.04 Å². The smallest absolute Gasteiger partial charge is 0.280 e. The first kappa shape index (κ1) is 19.2. The van der Waals surface area contributed by atoms with Crippen LogP contribution in [0.2, 0.25) is 0 Å². The summed E-state index contributed by atoms with van der Waals surface area (Å²) in [5, 5.41) is 5.45. The molecule has 1 heterocycles. The van der Waals surface area contributed by atoms with Gasteiger partial charge >= 0.3 is 0 Å². The third-order valence-corrected chi connectivity index (χ3v) is 4.97. The van der Waals surface area contributed by atoms with Gasteiger partial charge in [-0.15, -0.1) is 11.3 Å². The molecular weight excluding hydrogens is 325 g/mol. The quantitative estimate of drug-likeness (QED) is 0.340. The van der Waals surface area contributed by atoms with E-state index in [0.29, 0.717) is 10.6 Å². The van der Waals surface area contributed by atoms with Crippen LogP contribution in [0, 0.1) is 5.41 Å². The van der Waals surface area contributed by atoms with Crippen molar-refractivity contribution in [1.29, 1.82) is 0 Å². The largest absolute Gasteiger partial charge is 0.293 e. The average molecular weight is 348 g/mol. The van der Waals surface area contributed by atoms with Crippen molar-refractivity contribution in [3.05, 3.63) is 21.9 Å². The topological polar surface area (TPSA) is 32.7 Å². The highest BCUT2D eigenvalue weighted by Gasteiger charge is 2.33. The van der Waals surface area contributed by atoms with E-state index in [1.807, 2.05) is 20.8 Å². The Morgan fingerprint density at radius 2 is 1.82 bits per heavy atom. The molecule has 1 aromatic rings. The summed E-state index contributed by atoms with van der Waals surface area (Å²) in [5.74, 6) is 0.0646. The van der Waals surface area contributed by atoms with Crippen LogP contribution < -0.4 is 0 Å². The fourth-order valence-electron chi connectivity index (χ4n) is 1.65. The van der Waals surface area contributed by atoms with E-state index in [9.17, 15) is 13.6 Å². The summed E-state index contributed by atoms with van der Waals surface area (Å²) in [6.07, 6.45) is 0. The Bertz CT molecular complexity index is 573. The van der Waals surface area contributed by atoms with Crippen LogP contribution in [0.15, 0.2) is 17.2 Å². The van der Waals surface area contributed by atoms with Crippen molar-refractivity contribution in [3.8, 4) is 0 Å². The van der Waals surface area contributed by atoms with E-state index >= 15 is 0 Å². The van der Waals surface area contributed by atoms with E-state index in [-0.39, 0.29) is 5.78 Å². The molecule has 0 fully saturated rings. The molecule has 0 radical (unpaired) electrons. The molecule has 0 aromatic carbocycles. The van der Waals surface area contributed by atoms with E-state index in [0.717, 1.165) is 4.88 Å². The molecule has 0 saturated heterocycles. The summed E-state index contributed by atoms with van der Waals surface area (Å²) in [7, 11) is 3.05. The van der Waals surface area contributed by atoms with Gasteiger partial charge < -0.3 is 0 Å². The summed E-state index contributed by atoms with van der Waals surface area (Å²) in [6, 6.07) is 2.53. The second kappa shape index (κ2) is 6.71. The van der Waals surface area contributed by atoms with E-state index in [2.05, 4.69) is 5.10 Å². The first-order valence-corrected chi connectivity index (χ1v) is 8.33. The molecule has 0 aliphatic heterocycles. The lowest BCUT2D eigenvalue weighted by Gasteiger charge is -2.27. The first-order valence-electron chi connectivity index (χ1n) is 6.93. The summed E-state index contributed by atoms with van der Waals surface area (Å²) in [4.78, 5) is 13.7. The van der Waals surface area contributed by atoms with Crippen molar-refractivity contribution in [2.45, 2.75) is 46.3 Å². The minimum Gasteiger partial charge on any atom is -0.293 e. The molecule has 7 heteroatoms. The first-order chi connectivity index (χ1) is 9.84. The number of alkyl halides is 2. The summed E-state index contributed by atoms with van der Waals surface area (Å²) in [6.45, 7) is 8.76. The molecule has 0 aliphatic rings. The van der Waals surface area contributed by atoms with Gasteiger partial charge in [0.15, 0.2) is 5.78 Å². The molecule has 1 aromatic heterocycles. The summed E-state index contributed by atoms with van der Waals surface area (Å²) in [5.41, 5.74) is -2.75. The molecule has 0 bridgehead atoms. The number of halogens is 2. The number of carbonyl (C=O) groups excluding carboxylic acids is 1. The molecule has 3 nitrogen and oxygen atoms in total. The van der Waals surface area contributed by atoms with Crippen molar-refractivity contribution in [3.63, 3.8) is 0 Å². The molecule has 2 atom stereocenters. The molecule has 124 valence electrons. The minimum absolute atomic E-state index is 0.0646. The Balaban J connectivity index is 2.96. The SMILES string of the molecule is C/C(=N\N(C)C(C)C(F)(F)P)c1ccc(C(=O)C(C)(C)C)s1. The molecule has 0 aliphatic carbocycles. The third kappa shape index (κ3) is 4.82. The van der Waals surface area contributed by atoms with E-state index < -0.39 is 17.1 Å². The fraction of sp³-hybridized carbons (Fsp3) is 0.600. The van der Waals surface area contributed by atoms with Gasteiger partial charge in [-0.25, -0.2) is 8.78 Å². The van der Waals surface area contributed by atoms with E-state index in [4.69, 9.17) is 0 Å². The predicted octanol–water partition coefficient (Wildman–Crippen LogP) is 4.49. The lowest BCUT2D eigenvalue weighted by Crippen LogP contribution is -2.37. The van der Waals surface area contributed by atoms with Crippen LogP contribution in [-0.4, -0.2) is 35.3 Å². The summed E-state index contributed by atoms with van der Waals surface area (Å²) < 4.78 is 26.5. The van der Waals surface area contributed by atoms with Crippen LogP contribution in [0.5, 0.6) is 0 Å². The van der Waals surface area contributed by atoms with Crippen molar-refractivity contribution in [2.75, 3.05) is 7.05 Å². The maximum atomic E-state index is 13.3. The number of carbonyl (C=O) groups is 1. The number of hydrogen-bond acceptors (Lipinski definition) is 4. The van der Waals surface area contributed by atoms with Crippen LogP contribution in [0.25, 0.3) is 0 Å². The molecule has 0 amide bonds. The molecular formula is C15H23F2N2OPS. The van der Waals surface area contributed by atoms with Gasteiger partial charge in [-0.05, 0) is 26.0 Å². The van der Waals surface area contributed by atoms with Crippen LogP contribution >= 0.6 is 20.6 Å². The standard InChI is InChI=1S/C15H23F2N2OPS/c1-9(18-19(6)10(2)15(16,17)21)11-7-8-12(22-11)13(20)14(3,4)5/h7-8,10H,21H2,1-6H3/b18-9+. The highest BCUT2D eigenvalue weighted by Crippen LogP contribution is 2.30. The molecule has 0 N–H and O–H groups in total. The molecule has 2 unspecified atom stereocenters. The van der Waals surface area contributed by atoms with Crippen molar-refractivity contribution in [2.24, 2.45) is 10.5 Å². The number of hydrogen-bond donors (Lipinski definition) is 0. The molecule has 0 saturated carbocycles. The lowest BCUT2D eigenvalue weighted by molar-refractivity contribution is 0.0147. The van der Waals surface area contributed by atoms with Crippen molar-refractivity contribution >= 4 is 32.1 Å². The molecule has 22 heavy (non-hydrogen) atoms. The zero-order chi connectivity index (χ0) is 17.3. The van der Waals surface area contributed by atoms with Crippen molar-refractivity contribution in [1.82, 2.24) is 5.01 Å². The van der Waals surface area contributed by atoms with Crippen LogP contribution in [0.1, 0.15) is 49.2 Å². The zero-order valence-electron chi connectivity index (χ0n) is 13.8. The van der Waals surface area contributed by atoms with Gasteiger partial charge in [0.2, 0.25) is 0 Å². The van der Waals surface area contributed by atoms with Gasteiger partial charge in [0.05, 0.1) is 15.5 Å². The van der Waals surface area contributed by atoms with Gasteiger partial charge in [-0.1, -0.05) is 30.0 Å². The number of rotatable bonds is 5. The predicted molar refractivity (Wildman–Crippen MR) is 92.2 cm³/mol. The average Bonchev–Trinajstić information content (AvgIpc) is 2.83. The fourth-order valence-corrected chi connectivity index (χ4v) is 2.96. The van der Waals surface area contributed by atoms with Crippen LogP contribution in [0.3, 0.4) is 0 Å². The Morgan fingerprint density at radius 1 is 1.32 bits per heavy atom. The second-order valence-corrected chi connectivity index (χ2v) is 8.21. The number of ketones is 1. The maximum absolute atomic E-state index is 13.3. The maximum Gasteiger partial charge on any atom is 0.280 e. The Labute approximate surface area is 137 Å². The number of nitrogens with zero attached hydrogens (tertiary/aromatic N) is 2. The second-order valence-electron chi connectivity index (χ2n) is 6.35. The molecule has 1 rings (SSSR count). The zero-order valence-corrected chi connectivity index (χ0v) is 15.7. The van der Waals surface area contributed by atoms with E-state index in [1.54, 1.807) is 19.1 Å². The minimum atomic E-state index is -2.92.